The average Bonchev–Trinajstić information content (AvgIpc) is 2.67. The van der Waals surface area contributed by atoms with Crippen LogP contribution in [0.5, 0.6) is 0 Å². The van der Waals surface area contributed by atoms with Crippen LogP contribution >= 0.6 is 0 Å². The first-order chi connectivity index (χ1) is 5.52. The number of hydrogen-bond donors (Lipinski definition) is 1. The van der Waals surface area contributed by atoms with Crippen LogP contribution in [0, 0.1) is 5.92 Å². The van der Waals surface area contributed by atoms with Gasteiger partial charge in [-0.3, -0.25) is 0 Å². The molecule has 0 aliphatic heterocycles. The molecule has 1 N–H and O–H groups in total. The number of urea groups is 1. The number of alkyl halides is 2. The molecule has 0 spiro atoms. The predicted molar refractivity (Wildman–Crippen MR) is 40.1 cm³/mol. The second-order valence-electron chi connectivity index (χ2n) is 3.18. The van der Waals surface area contributed by atoms with E-state index in [0.717, 1.165) is 0 Å². The minimum absolute atomic E-state index is 0.303. The van der Waals surface area contributed by atoms with E-state index < -0.39 is 12.3 Å². The number of amides is 2. The van der Waals surface area contributed by atoms with Crippen LogP contribution in [0.2, 0.25) is 0 Å². The van der Waals surface area contributed by atoms with Gasteiger partial charge < -0.3 is 10.2 Å². The van der Waals surface area contributed by atoms with Crippen molar-refractivity contribution in [3.8, 4) is 0 Å². The van der Waals surface area contributed by atoms with Crippen molar-refractivity contribution in [2.45, 2.75) is 18.9 Å². The SMILES string of the molecule is CN(C)C(=O)N[C@H]1C[C@@H]1C(F)F. The number of halogens is 2. The lowest BCUT2D eigenvalue weighted by atomic mass is 10.4. The third-order valence-electron chi connectivity index (χ3n) is 1.88. The van der Waals surface area contributed by atoms with Crippen LogP contribution in [0.1, 0.15) is 6.42 Å². The third-order valence-corrected chi connectivity index (χ3v) is 1.88. The van der Waals surface area contributed by atoms with E-state index in [9.17, 15) is 13.6 Å². The van der Waals surface area contributed by atoms with E-state index >= 15 is 0 Å². The number of carbonyl (C=O) groups excluding carboxylic acids is 1. The molecule has 1 aliphatic carbocycles. The molecule has 1 fully saturated rings. The van der Waals surface area contributed by atoms with Gasteiger partial charge in [-0.1, -0.05) is 0 Å². The number of carbonyl (C=O) groups is 1. The summed E-state index contributed by atoms with van der Waals surface area (Å²) < 4.78 is 23.9. The topological polar surface area (TPSA) is 32.3 Å². The summed E-state index contributed by atoms with van der Waals surface area (Å²) >= 11 is 0. The Kier molecular flexibility index (Phi) is 2.49. The summed E-state index contributed by atoms with van der Waals surface area (Å²) in [5.74, 6) is -0.631. The highest BCUT2D eigenvalue weighted by Crippen LogP contribution is 2.35. The van der Waals surface area contributed by atoms with Crippen LogP contribution in [0.25, 0.3) is 0 Å². The highest BCUT2D eigenvalue weighted by molar-refractivity contribution is 5.74. The molecular formula is C7H12F2N2O. The summed E-state index contributed by atoms with van der Waals surface area (Å²) in [6.07, 6.45) is -1.91. The highest BCUT2D eigenvalue weighted by Gasteiger charge is 2.45. The molecule has 0 aromatic carbocycles. The third kappa shape index (κ3) is 2.06. The molecule has 5 heteroatoms. The molecule has 0 saturated heterocycles. The van der Waals surface area contributed by atoms with E-state index in [4.69, 9.17) is 0 Å². The van der Waals surface area contributed by atoms with E-state index in [1.165, 1.54) is 4.90 Å². The van der Waals surface area contributed by atoms with Gasteiger partial charge in [0, 0.05) is 26.1 Å². The van der Waals surface area contributed by atoms with Crippen LogP contribution in [-0.2, 0) is 0 Å². The molecule has 0 radical (unpaired) electrons. The average molecular weight is 178 g/mol. The summed E-state index contributed by atoms with van der Waals surface area (Å²) in [5.41, 5.74) is 0. The fraction of sp³-hybridized carbons (Fsp3) is 0.857. The van der Waals surface area contributed by atoms with Gasteiger partial charge in [0.25, 0.3) is 0 Å². The number of nitrogens with one attached hydrogen (secondary N) is 1. The van der Waals surface area contributed by atoms with Crippen molar-refractivity contribution in [1.29, 1.82) is 0 Å². The second-order valence-corrected chi connectivity index (χ2v) is 3.18. The molecule has 12 heavy (non-hydrogen) atoms. The molecule has 1 aliphatic rings. The molecule has 2 atom stereocenters. The lowest BCUT2D eigenvalue weighted by Crippen LogP contribution is -2.36. The highest BCUT2D eigenvalue weighted by atomic mass is 19.3. The van der Waals surface area contributed by atoms with Crippen molar-refractivity contribution in [3.05, 3.63) is 0 Å². The fourth-order valence-corrected chi connectivity index (χ4v) is 0.947. The van der Waals surface area contributed by atoms with Crippen molar-refractivity contribution in [1.82, 2.24) is 10.2 Å². The largest absolute Gasteiger partial charge is 0.335 e. The Bertz CT molecular complexity index is 184. The second kappa shape index (κ2) is 3.25. The monoisotopic (exact) mass is 178 g/mol. The van der Waals surface area contributed by atoms with Crippen molar-refractivity contribution in [3.63, 3.8) is 0 Å². The Balaban J connectivity index is 2.23. The van der Waals surface area contributed by atoms with E-state index in [2.05, 4.69) is 5.32 Å². The lowest BCUT2D eigenvalue weighted by molar-refractivity contribution is 0.118. The first kappa shape index (κ1) is 9.22. The number of rotatable bonds is 2. The zero-order valence-corrected chi connectivity index (χ0v) is 7.05. The van der Waals surface area contributed by atoms with Crippen LogP contribution in [0.15, 0.2) is 0 Å². The van der Waals surface area contributed by atoms with Gasteiger partial charge in [0.15, 0.2) is 0 Å². The maximum absolute atomic E-state index is 12.0. The molecule has 2 amide bonds. The van der Waals surface area contributed by atoms with Gasteiger partial charge in [-0.2, -0.15) is 0 Å². The van der Waals surface area contributed by atoms with E-state index in [1.54, 1.807) is 14.1 Å². The van der Waals surface area contributed by atoms with Gasteiger partial charge in [0.1, 0.15) is 0 Å². The quantitative estimate of drug-likeness (QED) is 0.669. The summed E-state index contributed by atoms with van der Waals surface area (Å²) in [7, 11) is 3.16. The smallest absolute Gasteiger partial charge is 0.317 e. The Morgan fingerprint density at radius 2 is 2.17 bits per heavy atom. The lowest BCUT2D eigenvalue weighted by Gasteiger charge is -2.11. The zero-order valence-electron chi connectivity index (χ0n) is 7.05. The van der Waals surface area contributed by atoms with Gasteiger partial charge in [-0.15, -0.1) is 0 Å². The van der Waals surface area contributed by atoms with Gasteiger partial charge in [-0.05, 0) is 6.42 Å². The molecule has 0 bridgehead atoms. The zero-order chi connectivity index (χ0) is 9.30. The summed E-state index contributed by atoms with van der Waals surface area (Å²) in [5, 5.41) is 2.49. The normalized spacial score (nSPS) is 27.1. The summed E-state index contributed by atoms with van der Waals surface area (Å²) in [6, 6.07) is -0.622. The van der Waals surface area contributed by atoms with Gasteiger partial charge >= 0.3 is 6.03 Å². The van der Waals surface area contributed by atoms with E-state index in [1.807, 2.05) is 0 Å². The molecule has 1 rings (SSSR count). The maximum Gasteiger partial charge on any atom is 0.317 e. The molecule has 0 unspecified atom stereocenters. The Labute approximate surface area is 69.7 Å². The van der Waals surface area contributed by atoms with E-state index in [0.29, 0.717) is 6.42 Å². The van der Waals surface area contributed by atoms with Crippen LogP contribution in [0.4, 0.5) is 13.6 Å². The predicted octanol–water partition coefficient (Wildman–Crippen LogP) is 0.911. The van der Waals surface area contributed by atoms with Crippen molar-refractivity contribution >= 4 is 6.03 Å². The van der Waals surface area contributed by atoms with Gasteiger partial charge in [0.2, 0.25) is 6.43 Å². The maximum atomic E-state index is 12.0. The Morgan fingerprint density at radius 1 is 1.58 bits per heavy atom. The molecule has 0 aromatic rings. The summed E-state index contributed by atoms with van der Waals surface area (Å²) in [6.45, 7) is 0. The van der Waals surface area contributed by atoms with Crippen LogP contribution < -0.4 is 5.32 Å². The molecule has 3 nitrogen and oxygen atoms in total. The van der Waals surface area contributed by atoms with Crippen molar-refractivity contribution in [2.24, 2.45) is 5.92 Å². The number of hydrogen-bond acceptors (Lipinski definition) is 1. The molecule has 70 valence electrons. The first-order valence-corrected chi connectivity index (χ1v) is 3.78. The van der Waals surface area contributed by atoms with Gasteiger partial charge in [0.05, 0.1) is 0 Å². The Morgan fingerprint density at radius 3 is 2.50 bits per heavy atom. The standard InChI is InChI=1S/C7H12F2N2O/c1-11(2)7(12)10-5-3-4(5)6(8)9/h4-6H,3H2,1-2H3,(H,10,12)/t4-,5-/m0/s1. The van der Waals surface area contributed by atoms with Crippen molar-refractivity contribution < 1.29 is 13.6 Å². The minimum atomic E-state index is -2.31. The van der Waals surface area contributed by atoms with Crippen LogP contribution in [-0.4, -0.2) is 37.5 Å². The minimum Gasteiger partial charge on any atom is -0.335 e. The first-order valence-electron chi connectivity index (χ1n) is 3.78. The van der Waals surface area contributed by atoms with Crippen molar-refractivity contribution in [2.75, 3.05) is 14.1 Å². The molecule has 0 heterocycles. The Hall–Kier alpha value is -0.870. The molecular weight excluding hydrogens is 166 g/mol. The molecule has 0 aromatic heterocycles. The van der Waals surface area contributed by atoms with Crippen LogP contribution in [0.3, 0.4) is 0 Å². The summed E-state index contributed by atoms with van der Waals surface area (Å²) in [4.78, 5) is 12.3. The van der Waals surface area contributed by atoms with E-state index in [-0.39, 0.29) is 12.1 Å². The molecule has 1 saturated carbocycles. The number of nitrogens with zero attached hydrogens (tertiary/aromatic N) is 1. The fourth-order valence-electron chi connectivity index (χ4n) is 0.947. The van der Waals surface area contributed by atoms with Gasteiger partial charge in [-0.25, -0.2) is 13.6 Å².